The molecule has 0 saturated carbocycles. The number of carbonyl (C=O) groups is 3. The van der Waals surface area contributed by atoms with Crippen molar-refractivity contribution in [2.24, 2.45) is 0 Å². The Bertz CT molecular complexity index is 963. The Kier molecular flexibility index (Phi) is 5.74. The first-order valence-electron chi connectivity index (χ1n) is 8.12. The van der Waals surface area contributed by atoms with Crippen molar-refractivity contribution in [3.05, 3.63) is 52.3 Å². The van der Waals surface area contributed by atoms with E-state index in [1.54, 1.807) is 30.3 Å². The molecule has 0 radical (unpaired) electrons. The summed E-state index contributed by atoms with van der Waals surface area (Å²) in [6.45, 7) is 0.0847. The maximum Gasteiger partial charge on any atom is 0.373 e. The van der Waals surface area contributed by atoms with Crippen molar-refractivity contribution < 1.29 is 33.0 Å². The molecular formula is C19H17NO7S. The highest BCUT2D eigenvalue weighted by Crippen LogP contribution is 2.34. The highest BCUT2D eigenvalue weighted by atomic mass is 32.2. The fourth-order valence-electron chi connectivity index (χ4n) is 2.40. The fraction of sp³-hybridized carbons (Fsp3) is 0.211. The van der Waals surface area contributed by atoms with Crippen molar-refractivity contribution in [3.63, 3.8) is 0 Å². The van der Waals surface area contributed by atoms with Gasteiger partial charge < -0.3 is 18.6 Å². The minimum Gasteiger partial charge on any atom is -0.493 e. The number of thioether (sulfide) groups is 1. The van der Waals surface area contributed by atoms with Gasteiger partial charge in [-0.3, -0.25) is 14.5 Å². The van der Waals surface area contributed by atoms with Crippen LogP contribution in [0.4, 0.5) is 4.79 Å². The summed E-state index contributed by atoms with van der Waals surface area (Å²) in [6, 6.07) is 8.25. The van der Waals surface area contributed by atoms with E-state index >= 15 is 0 Å². The van der Waals surface area contributed by atoms with Gasteiger partial charge in [0.1, 0.15) is 12.4 Å². The van der Waals surface area contributed by atoms with Gasteiger partial charge in [-0.05, 0) is 47.7 Å². The maximum atomic E-state index is 12.0. The molecule has 1 fully saturated rings. The van der Waals surface area contributed by atoms with Gasteiger partial charge in [-0.25, -0.2) is 4.79 Å². The lowest BCUT2D eigenvalue weighted by Gasteiger charge is -2.10. The van der Waals surface area contributed by atoms with Crippen LogP contribution in [-0.2, 0) is 16.1 Å². The molecule has 9 heteroatoms. The Morgan fingerprint density at radius 1 is 1.18 bits per heavy atom. The summed E-state index contributed by atoms with van der Waals surface area (Å²) in [4.78, 5) is 36.4. The number of methoxy groups -OCH3 is 2. The number of benzene rings is 1. The van der Waals surface area contributed by atoms with Gasteiger partial charge in [0.25, 0.3) is 11.1 Å². The Morgan fingerprint density at radius 2 is 1.96 bits per heavy atom. The van der Waals surface area contributed by atoms with Crippen LogP contribution < -0.4 is 9.47 Å². The van der Waals surface area contributed by atoms with E-state index < -0.39 is 5.97 Å². The zero-order valence-corrected chi connectivity index (χ0v) is 16.2. The number of hydrogen-bond donors (Lipinski definition) is 0. The third kappa shape index (κ3) is 4.04. The molecule has 0 aliphatic carbocycles. The van der Waals surface area contributed by atoms with Crippen LogP contribution in [0.1, 0.15) is 21.9 Å². The quantitative estimate of drug-likeness (QED) is 0.535. The first-order valence-corrected chi connectivity index (χ1v) is 8.94. The van der Waals surface area contributed by atoms with E-state index in [-0.39, 0.29) is 23.5 Å². The lowest BCUT2D eigenvalue weighted by atomic mass is 10.2. The summed E-state index contributed by atoms with van der Waals surface area (Å²) in [6.07, 6.45) is 1.62. The SMILES string of the molecule is COC(=O)c1ccc(COc2ccc(/C=C3\SC(=O)N(C)C3=O)cc2OC)o1. The Hall–Kier alpha value is -3.20. The number of nitrogens with zero attached hydrogens (tertiary/aromatic N) is 1. The molecule has 146 valence electrons. The van der Waals surface area contributed by atoms with Crippen LogP contribution in [0.2, 0.25) is 0 Å². The monoisotopic (exact) mass is 403 g/mol. The first kappa shape index (κ1) is 19.6. The van der Waals surface area contributed by atoms with E-state index in [2.05, 4.69) is 4.74 Å². The Labute approximate surface area is 165 Å². The number of hydrogen-bond acceptors (Lipinski definition) is 8. The number of ether oxygens (including phenoxy) is 3. The summed E-state index contributed by atoms with van der Waals surface area (Å²) in [5.41, 5.74) is 0.689. The molecule has 2 aromatic rings. The molecule has 0 unspecified atom stereocenters. The van der Waals surface area contributed by atoms with E-state index in [1.165, 1.54) is 27.3 Å². The van der Waals surface area contributed by atoms with Gasteiger partial charge in [0.15, 0.2) is 11.5 Å². The number of rotatable bonds is 6. The van der Waals surface area contributed by atoms with Gasteiger partial charge in [-0.2, -0.15) is 0 Å². The second-order valence-corrected chi connectivity index (χ2v) is 6.69. The van der Waals surface area contributed by atoms with Crippen molar-refractivity contribution >= 4 is 35.0 Å². The van der Waals surface area contributed by atoms with E-state index in [0.717, 1.165) is 16.7 Å². The lowest BCUT2D eigenvalue weighted by Crippen LogP contribution is -2.22. The molecule has 2 heterocycles. The van der Waals surface area contributed by atoms with Crippen LogP contribution in [-0.4, -0.2) is 43.3 Å². The molecule has 0 N–H and O–H groups in total. The van der Waals surface area contributed by atoms with E-state index in [9.17, 15) is 14.4 Å². The zero-order valence-electron chi connectivity index (χ0n) is 15.4. The molecule has 1 aliphatic rings. The standard InChI is InChI=1S/C19H17NO7S/c1-20-17(21)16(28-19(20)23)9-11-4-6-13(15(8-11)24-2)26-10-12-5-7-14(27-12)18(22)25-3/h4-9H,10H2,1-3H3/b16-9-. The molecule has 28 heavy (non-hydrogen) atoms. The van der Waals surface area contributed by atoms with Crippen LogP contribution in [0.3, 0.4) is 0 Å². The fourth-order valence-corrected chi connectivity index (χ4v) is 3.23. The van der Waals surface area contributed by atoms with E-state index in [0.29, 0.717) is 27.7 Å². The zero-order chi connectivity index (χ0) is 20.3. The maximum absolute atomic E-state index is 12.0. The molecular weight excluding hydrogens is 386 g/mol. The molecule has 1 aromatic heterocycles. The van der Waals surface area contributed by atoms with E-state index in [4.69, 9.17) is 13.9 Å². The summed E-state index contributed by atoms with van der Waals surface area (Å²) in [5.74, 6) is 0.540. The molecule has 1 aliphatic heterocycles. The first-order chi connectivity index (χ1) is 13.4. The minimum absolute atomic E-state index is 0.0847. The lowest BCUT2D eigenvalue weighted by molar-refractivity contribution is -0.121. The van der Waals surface area contributed by atoms with E-state index in [1.807, 2.05) is 0 Å². The predicted octanol–water partition coefficient (Wildman–Crippen LogP) is 3.32. The second kappa shape index (κ2) is 8.22. The third-order valence-electron chi connectivity index (χ3n) is 3.89. The average Bonchev–Trinajstić information content (AvgIpc) is 3.27. The number of furan rings is 1. The summed E-state index contributed by atoms with van der Waals surface area (Å²) >= 11 is 0.885. The van der Waals surface area contributed by atoms with Gasteiger partial charge in [-0.15, -0.1) is 0 Å². The topological polar surface area (TPSA) is 95.3 Å². The number of imide groups is 1. The van der Waals surface area contributed by atoms with Crippen LogP contribution in [0, 0.1) is 0 Å². The normalized spacial score (nSPS) is 15.2. The van der Waals surface area contributed by atoms with Gasteiger partial charge in [0, 0.05) is 7.05 Å². The Morgan fingerprint density at radius 3 is 2.61 bits per heavy atom. The number of esters is 1. The van der Waals surface area contributed by atoms with Crippen molar-refractivity contribution in [3.8, 4) is 11.5 Å². The van der Waals surface area contributed by atoms with Crippen molar-refractivity contribution in [1.29, 1.82) is 0 Å². The minimum atomic E-state index is -0.565. The van der Waals surface area contributed by atoms with Gasteiger partial charge in [0.2, 0.25) is 5.76 Å². The molecule has 1 aromatic carbocycles. The van der Waals surface area contributed by atoms with Crippen molar-refractivity contribution in [2.75, 3.05) is 21.3 Å². The highest BCUT2D eigenvalue weighted by molar-refractivity contribution is 8.18. The summed E-state index contributed by atoms with van der Waals surface area (Å²) in [7, 11) is 4.21. The Balaban J connectivity index is 1.73. The molecule has 0 atom stereocenters. The third-order valence-corrected chi connectivity index (χ3v) is 4.85. The number of likely N-dealkylation sites (N-methyl/N-ethyl adjacent to an activating group) is 1. The van der Waals surface area contributed by atoms with Gasteiger partial charge in [-0.1, -0.05) is 6.07 Å². The summed E-state index contributed by atoms with van der Waals surface area (Å²) < 4.78 is 21.0. The summed E-state index contributed by atoms with van der Waals surface area (Å²) in [5, 5.41) is -0.312. The molecule has 1 saturated heterocycles. The molecule has 0 spiro atoms. The molecule has 3 rings (SSSR count). The number of amides is 2. The number of carbonyl (C=O) groups excluding carboxylic acids is 3. The van der Waals surface area contributed by atoms with Crippen LogP contribution in [0.5, 0.6) is 11.5 Å². The van der Waals surface area contributed by atoms with Gasteiger partial charge >= 0.3 is 5.97 Å². The second-order valence-electron chi connectivity index (χ2n) is 5.70. The van der Waals surface area contributed by atoms with Crippen molar-refractivity contribution in [1.82, 2.24) is 4.90 Å². The largest absolute Gasteiger partial charge is 0.493 e. The molecule has 0 bridgehead atoms. The highest BCUT2D eigenvalue weighted by Gasteiger charge is 2.31. The van der Waals surface area contributed by atoms with Crippen LogP contribution >= 0.6 is 11.8 Å². The van der Waals surface area contributed by atoms with Crippen LogP contribution in [0.15, 0.2) is 39.7 Å². The van der Waals surface area contributed by atoms with Crippen molar-refractivity contribution in [2.45, 2.75) is 6.61 Å². The smallest absolute Gasteiger partial charge is 0.373 e. The molecule has 8 nitrogen and oxygen atoms in total. The molecule has 2 amide bonds. The predicted molar refractivity (Wildman–Crippen MR) is 101 cm³/mol. The average molecular weight is 403 g/mol. The van der Waals surface area contributed by atoms with Gasteiger partial charge in [0.05, 0.1) is 19.1 Å². The van der Waals surface area contributed by atoms with Crippen LogP contribution in [0.25, 0.3) is 6.08 Å².